The van der Waals surface area contributed by atoms with E-state index in [1.54, 1.807) is 31.4 Å². The van der Waals surface area contributed by atoms with E-state index in [2.05, 4.69) is 5.32 Å². The summed E-state index contributed by atoms with van der Waals surface area (Å²) in [5.74, 6) is -0.181. The van der Waals surface area contributed by atoms with Crippen LogP contribution in [0.2, 0.25) is 5.02 Å². The molecule has 1 heterocycles. The highest BCUT2D eigenvalue weighted by atomic mass is 35.5. The number of ether oxygens (including phenoxy) is 1. The monoisotopic (exact) mass is 376 g/mol. The van der Waals surface area contributed by atoms with E-state index in [9.17, 15) is 14.0 Å². The van der Waals surface area contributed by atoms with Gasteiger partial charge in [-0.3, -0.25) is 9.69 Å². The van der Waals surface area contributed by atoms with Crippen LogP contribution in [-0.4, -0.2) is 23.9 Å². The lowest BCUT2D eigenvalue weighted by Gasteiger charge is -2.26. The summed E-state index contributed by atoms with van der Waals surface area (Å²) >= 11 is 6.04. The van der Waals surface area contributed by atoms with Crippen LogP contribution in [0.15, 0.2) is 42.5 Å². The van der Waals surface area contributed by atoms with Gasteiger partial charge in [-0.1, -0.05) is 36.7 Å². The van der Waals surface area contributed by atoms with Gasteiger partial charge in [-0.15, -0.1) is 0 Å². The topological polar surface area (TPSA) is 58.6 Å². The van der Waals surface area contributed by atoms with Gasteiger partial charge in [0.25, 0.3) is 5.91 Å². The number of benzene rings is 2. The Bertz CT molecular complexity index is 856. The molecule has 0 radical (unpaired) electrons. The van der Waals surface area contributed by atoms with Crippen molar-refractivity contribution in [2.24, 2.45) is 0 Å². The Morgan fingerprint density at radius 2 is 1.88 bits per heavy atom. The van der Waals surface area contributed by atoms with Crippen LogP contribution in [0, 0.1) is 5.82 Å². The van der Waals surface area contributed by atoms with Crippen LogP contribution in [0.3, 0.4) is 0 Å². The first-order valence-electron chi connectivity index (χ1n) is 8.14. The Morgan fingerprint density at radius 1 is 1.19 bits per heavy atom. The van der Waals surface area contributed by atoms with E-state index >= 15 is 0 Å². The van der Waals surface area contributed by atoms with E-state index in [4.69, 9.17) is 16.3 Å². The molecule has 1 aliphatic heterocycles. The summed E-state index contributed by atoms with van der Waals surface area (Å²) in [7, 11) is 1.56. The van der Waals surface area contributed by atoms with Crippen LogP contribution in [0.1, 0.15) is 24.5 Å². The summed E-state index contributed by atoms with van der Waals surface area (Å²) in [6, 6.07) is 10.4. The molecule has 1 unspecified atom stereocenters. The lowest BCUT2D eigenvalue weighted by Crippen LogP contribution is -2.43. The number of carbonyl (C=O) groups excluding carboxylic acids is 2. The Hall–Kier alpha value is -2.60. The molecule has 3 rings (SSSR count). The van der Waals surface area contributed by atoms with E-state index < -0.39 is 17.4 Å². The second-order valence-electron chi connectivity index (χ2n) is 6.04. The average Bonchev–Trinajstić information content (AvgIpc) is 2.89. The van der Waals surface area contributed by atoms with Crippen molar-refractivity contribution in [3.05, 3.63) is 64.4 Å². The van der Waals surface area contributed by atoms with Crippen LogP contribution in [0.5, 0.6) is 5.75 Å². The summed E-state index contributed by atoms with van der Waals surface area (Å²) < 4.78 is 18.4. The molecular formula is C19H18ClFN2O3. The molecule has 0 aliphatic carbocycles. The van der Waals surface area contributed by atoms with E-state index in [1.165, 1.54) is 12.1 Å². The molecule has 7 heteroatoms. The van der Waals surface area contributed by atoms with Gasteiger partial charge in [0.15, 0.2) is 0 Å². The molecule has 0 aromatic heterocycles. The molecule has 1 N–H and O–H groups in total. The van der Waals surface area contributed by atoms with Crippen LogP contribution in [0.4, 0.5) is 9.18 Å². The zero-order valence-corrected chi connectivity index (χ0v) is 15.1. The van der Waals surface area contributed by atoms with Crippen LogP contribution in [-0.2, 0) is 16.9 Å². The number of halogens is 2. The van der Waals surface area contributed by atoms with Gasteiger partial charge in [-0.25, -0.2) is 9.18 Å². The molecule has 2 aromatic carbocycles. The number of imide groups is 1. The number of nitrogens with zero attached hydrogens (tertiary/aromatic N) is 1. The Labute approximate surface area is 155 Å². The van der Waals surface area contributed by atoms with E-state index in [0.29, 0.717) is 23.3 Å². The zero-order valence-electron chi connectivity index (χ0n) is 14.4. The maximum atomic E-state index is 13.2. The van der Waals surface area contributed by atoms with Crippen molar-refractivity contribution < 1.29 is 18.7 Å². The predicted octanol–water partition coefficient (Wildman–Crippen LogP) is 3.85. The molecule has 0 bridgehead atoms. The average molecular weight is 377 g/mol. The van der Waals surface area contributed by atoms with E-state index in [0.717, 1.165) is 11.0 Å². The Morgan fingerprint density at radius 3 is 2.46 bits per heavy atom. The van der Waals surface area contributed by atoms with Crippen LogP contribution in [0.25, 0.3) is 0 Å². The summed E-state index contributed by atoms with van der Waals surface area (Å²) in [6.07, 6.45) is 0.386. The lowest BCUT2D eigenvalue weighted by atomic mass is 9.87. The van der Waals surface area contributed by atoms with Gasteiger partial charge in [0.2, 0.25) is 0 Å². The number of hydrogen-bond donors (Lipinski definition) is 1. The van der Waals surface area contributed by atoms with Crippen molar-refractivity contribution in [3.63, 3.8) is 0 Å². The van der Waals surface area contributed by atoms with Gasteiger partial charge in [0, 0.05) is 5.02 Å². The molecule has 26 heavy (non-hydrogen) atoms. The van der Waals surface area contributed by atoms with Gasteiger partial charge >= 0.3 is 6.03 Å². The highest BCUT2D eigenvalue weighted by Gasteiger charge is 2.51. The number of urea groups is 1. The number of methoxy groups -OCH3 is 1. The van der Waals surface area contributed by atoms with Crippen molar-refractivity contribution >= 4 is 23.5 Å². The predicted molar refractivity (Wildman–Crippen MR) is 95.5 cm³/mol. The molecule has 0 saturated carbocycles. The largest absolute Gasteiger partial charge is 0.497 e. The highest BCUT2D eigenvalue weighted by Crippen LogP contribution is 2.34. The number of carbonyl (C=O) groups is 2. The van der Waals surface area contributed by atoms with Crippen molar-refractivity contribution in [1.29, 1.82) is 0 Å². The molecule has 136 valence electrons. The summed E-state index contributed by atoms with van der Waals surface area (Å²) in [4.78, 5) is 26.7. The minimum Gasteiger partial charge on any atom is -0.497 e. The minimum absolute atomic E-state index is 0.0261. The fourth-order valence-corrected chi connectivity index (χ4v) is 3.33. The van der Waals surface area contributed by atoms with Crippen LogP contribution >= 0.6 is 11.6 Å². The second-order valence-corrected chi connectivity index (χ2v) is 6.45. The van der Waals surface area contributed by atoms with Crippen molar-refractivity contribution in [2.45, 2.75) is 25.4 Å². The van der Waals surface area contributed by atoms with Crippen molar-refractivity contribution in [3.8, 4) is 5.75 Å². The van der Waals surface area contributed by atoms with Gasteiger partial charge in [0.05, 0.1) is 13.7 Å². The molecule has 2 aromatic rings. The Kier molecular flexibility index (Phi) is 4.87. The number of hydrogen-bond acceptors (Lipinski definition) is 3. The minimum atomic E-state index is -1.14. The molecule has 1 atom stereocenters. The molecule has 5 nitrogen and oxygen atoms in total. The normalized spacial score (nSPS) is 19.6. The molecular weight excluding hydrogens is 359 g/mol. The maximum absolute atomic E-state index is 13.2. The summed E-state index contributed by atoms with van der Waals surface area (Å²) in [6.45, 7) is 1.80. The molecule has 1 aliphatic rings. The zero-order chi connectivity index (χ0) is 18.9. The quantitative estimate of drug-likeness (QED) is 0.806. The third-order valence-electron chi connectivity index (χ3n) is 4.63. The first kappa shape index (κ1) is 18.2. The third-order valence-corrected chi connectivity index (χ3v) is 4.98. The SMILES string of the molecule is CCC1(c2ccc(OC)cc2)NC(=O)N(Cc2ccc(F)cc2Cl)C1=O. The highest BCUT2D eigenvalue weighted by molar-refractivity contribution is 6.31. The van der Waals surface area contributed by atoms with Gasteiger partial charge in [-0.2, -0.15) is 0 Å². The van der Waals surface area contributed by atoms with Crippen molar-refractivity contribution in [2.75, 3.05) is 7.11 Å². The van der Waals surface area contributed by atoms with Crippen LogP contribution < -0.4 is 10.1 Å². The molecule has 3 amide bonds. The number of amides is 3. The van der Waals surface area contributed by atoms with Gasteiger partial charge < -0.3 is 10.1 Å². The summed E-state index contributed by atoms with van der Waals surface area (Å²) in [5, 5.41) is 2.97. The Balaban J connectivity index is 1.92. The smallest absolute Gasteiger partial charge is 0.325 e. The van der Waals surface area contributed by atoms with Crippen molar-refractivity contribution in [1.82, 2.24) is 10.2 Å². The fraction of sp³-hybridized carbons (Fsp3) is 0.263. The van der Waals surface area contributed by atoms with Gasteiger partial charge in [0.1, 0.15) is 17.1 Å². The van der Waals surface area contributed by atoms with Gasteiger partial charge in [-0.05, 0) is 41.8 Å². The first-order chi connectivity index (χ1) is 12.4. The maximum Gasteiger partial charge on any atom is 0.325 e. The third kappa shape index (κ3) is 3.01. The van der Waals surface area contributed by atoms with E-state index in [-0.39, 0.29) is 17.5 Å². The molecule has 1 saturated heterocycles. The molecule has 1 fully saturated rings. The second kappa shape index (κ2) is 6.96. The summed E-state index contributed by atoms with van der Waals surface area (Å²) in [5.41, 5.74) is 0.0284. The first-order valence-corrected chi connectivity index (χ1v) is 8.51. The van der Waals surface area contributed by atoms with E-state index in [1.807, 2.05) is 6.92 Å². The standard InChI is InChI=1S/C19H18ClFN2O3/c1-3-19(13-5-8-15(26-2)9-6-13)17(24)23(18(25)22-19)11-12-4-7-14(21)10-16(12)20/h4-10H,3,11H2,1-2H3,(H,22,25). The number of nitrogens with one attached hydrogen (secondary N) is 1. The molecule has 0 spiro atoms. The number of rotatable bonds is 5. The fourth-order valence-electron chi connectivity index (χ4n) is 3.10. The lowest BCUT2D eigenvalue weighted by molar-refractivity contribution is -0.132.